The summed E-state index contributed by atoms with van der Waals surface area (Å²) in [6.45, 7) is 2.54. The Hall–Kier alpha value is -1.11. The van der Waals surface area contributed by atoms with Gasteiger partial charge in [-0.1, -0.05) is 11.6 Å². The summed E-state index contributed by atoms with van der Waals surface area (Å²) in [5.41, 5.74) is -0.426. The van der Waals surface area contributed by atoms with Crippen molar-refractivity contribution in [2.45, 2.75) is 50.4 Å². The summed E-state index contributed by atoms with van der Waals surface area (Å²) in [7, 11) is 0. The van der Waals surface area contributed by atoms with Gasteiger partial charge in [0, 0.05) is 38.9 Å². The van der Waals surface area contributed by atoms with Gasteiger partial charge in [0.2, 0.25) is 5.91 Å². The Balaban J connectivity index is 1.49. The van der Waals surface area contributed by atoms with Crippen LogP contribution in [-0.2, 0) is 16.1 Å². The number of carbonyl (C=O) groups excluding carboxylic acids is 1. The molecule has 122 valence electrons. The normalized spacial score (nSPS) is 24.6. The molecule has 6 nitrogen and oxygen atoms in total. The summed E-state index contributed by atoms with van der Waals surface area (Å²) in [5.74, 6) is 0.117. The third-order valence-corrected chi connectivity index (χ3v) is 4.93. The van der Waals surface area contributed by atoms with Crippen LogP contribution in [0, 0.1) is 0 Å². The van der Waals surface area contributed by atoms with E-state index in [0.717, 1.165) is 12.8 Å². The van der Waals surface area contributed by atoms with Crippen LogP contribution in [0.4, 0.5) is 0 Å². The van der Waals surface area contributed by atoms with E-state index in [9.17, 15) is 9.90 Å². The van der Waals surface area contributed by atoms with Crippen molar-refractivity contribution in [2.24, 2.45) is 0 Å². The summed E-state index contributed by atoms with van der Waals surface area (Å²) >= 11 is 5.80. The van der Waals surface area contributed by atoms with Crippen molar-refractivity contribution in [3.63, 3.8) is 0 Å². The molecule has 2 aliphatic heterocycles. The van der Waals surface area contributed by atoms with Crippen LogP contribution < -0.4 is 0 Å². The molecule has 2 aliphatic rings. The van der Waals surface area contributed by atoms with Crippen LogP contribution >= 0.6 is 11.6 Å². The van der Waals surface area contributed by atoms with Crippen molar-refractivity contribution in [2.75, 3.05) is 19.7 Å². The smallest absolute Gasteiger partial charge is 0.224 e. The zero-order valence-corrected chi connectivity index (χ0v) is 13.3. The van der Waals surface area contributed by atoms with E-state index >= 15 is 0 Å². The molecule has 2 saturated heterocycles. The number of halogens is 1. The van der Waals surface area contributed by atoms with E-state index in [-0.39, 0.29) is 5.91 Å². The van der Waals surface area contributed by atoms with Gasteiger partial charge in [0.05, 0.1) is 22.9 Å². The highest BCUT2D eigenvalue weighted by molar-refractivity contribution is 6.30. The molecule has 0 radical (unpaired) electrons. The van der Waals surface area contributed by atoms with Gasteiger partial charge in [-0.15, -0.1) is 0 Å². The first-order valence-corrected chi connectivity index (χ1v) is 8.25. The molecule has 7 heteroatoms. The number of aryl methyl sites for hydroxylation is 1. The number of aliphatic hydroxyl groups excluding tert-OH is 1. The highest BCUT2D eigenvalue weighted by Crippen LogP contribution is 2.35. The van der Waals surface area contributed by atoms with Crippen LogP contribution in [0.3, 0.4) is 0 Å². The molecule has 3 heterocycles. The second-order valence-electron chi connectivity index (χ2n) is 6.12. The van der Waals surface area contributed by atoms with Crippen LogP contribution in [0.15, 0.2) is 12.4 Å². The lowest BCUT2D eigenvalue weighted by molar-refractivity contribution is -0.179. The number of amides is 1. The number of nitrogens with zero attached hydrogens (tertiary/aromatic N) is 3. The van der Waals surface area contributed by atoms with Crippen molar-refractivity contribution in [3.8, 4) is 0 Å². The second-order valence-corrected chi connectivity index (χ2v) is 6.56. The lowest BCUT2D eigenvalue weighted by Crippen LogP contribution is -2.56. The number of hydrogen-bond donors (Lipinski definition) is 1. The molecule has 3 rings (SSSR count). The number of carbonyl (C=O) groups is 1. The molecule has 0 unspecified atom stereocenters. The Morgan fingerprint density at radius 1 is 1.50 bits per heavy atom. The molecule has 2 fully saturated rings. The fraction of sp³-hybridized carbons (Fsp3) is 0.733. The minimum Gasteiger partial charge on any atom is -0.390 e. The average molecular weight is 328 g/mol. The van der Waals surface area contributed by atoms with Crippen LogP contribution in [0.1, 0.15) is 32.1 Å². The number of likely N-dealkylation sites (tertiary alicyclic amines) is 1. The van der Waals surface area contributed by atoms with Crippen molar-refractivity contribution in [3.05, 3.63) is 17.4 Å². The average Bonchev–Trinajstić information content (AvgIpc) is 2.94. The van der Waals surface area contributed by atoms with Gasteiger partial charge >= 0.3 is 0 Å². The van der Waals surface area contributed by atoms with Gasteiger partial charge in [-0.2, -0.15) is 5.10 Å². The molecule has 22 heavy (non-hydrogen) atoms. The van der Waals surface area contributed by atoms with Gasteiger partial charge in [-0.05, 0) is 25.7 Å². The number of aliphatic hydroxyl groups is 1. The van der Waals surface area contributed by atoms with Gasteiger partial charge in [-0.3, -0.25) is 9.48 Å². The predicted molar refractivity (Wildman–Crippen MR) is 81.6 cm³/mol. The Morgan fingerprint density at radius 3 is 2.91 bits per heavy atom. The summed E-state index contributed by atoms with van der Waals surface area (Å²) in [6, 6.07) is 0. The third-order valence-electron chi connectivity index (χ3n) is 4.74. The Kier molecular flexibility index (Phi) is 4.70. The monoisotopic (exact) mass is 327 g/mol. The zero-order valence-electron chi connectivity index (χ0n) is 12.6. The van der Waals surface area contributed by atoms with Crippen LogP contribution in [0.25, 0.3) is 0 Å². The van der Waals surface area contributed by atoms with E-state index in [1.165, 1.54) is 0 Å². The second kappa shape index (κ2) is 6.56. The number of aromatic nitrogens is 2. The van der Waals surface area contributed by atoms with Crippen molar-refractivity contribution < 1.29 is 14.6 Å². The standard InChI is InChI=1S/C15H22ClN3O3/c16-12-10-17-19(11-12)6-3-14(21)18-7-4-15(5-8-18)13(20)2-1-9-22-15/h10-11,13,20H,1-9H2/t13-/m0/s1. The van der Waals surface area contributed by atoms with E-state index in [1.54, 1.807) is 17.1 Å². The van der Waals surface area contributed by atoms with Gasteiger partial charge in [0.15, 0.2) is 0 Å². The minimum atomic E-state index is -0.426. The van der Waals surface area contributed by atoms with Crippen molar-refractivity contribution >= 4 is 17.5 Å². The maximum atomic E-state index is 12.3. The lowest BCUT2D eigenvalue weighted by Gasteiger charge is -2.46. The molecule has 0 aliphatic carbocycles. The molecule has 1 N–H and O–H groups in total. The predicted octanol–water partition coefficient (Wildman–Crippen LogP) is 1.46. The molecule has 1 spiro atoms. The zero-order chi connectivity index (χ0) is 15.6. The summed E-state index contributed by atoms with van der Waals surface area (Å²) in [5, 5.41) is 14.9. The van der Waals surface area contributed by atoms with Crippen LogP contribution in [0.5, 0.6) is 0 Å². The van der Waals surface area contributed by atoms with E-state index in [2.05, 4.69) is 5.10 Å². The van der Waals surface area contributed by atoms with E-state index in [1.807, 2.05) is 4.90 Å². The molecule has 1 amide bonds. The summed E-state index contributed by atoms with van der Waals surface area (Å²) in [4.78, 5) is 14.1. The molecule has 0 bridgehead atoms. The molecule has 1 aromatic rings. The van der Waals surface area contributed by atoms with Crippen molar-refractivity contribution in [1.29, 1.82) is 0 Å². The van der Waals surface area contributed by atoms with Gasteiger partial charge in [0.25, 0.3) is 0 Å². The highest BCUT2D eigenvalue weighted by Gasteiger charge is 2.44. The molecule has 1 atom stereocenters. The Labute approximate surface area is 135 Å². The summed E-state index contributed by atoms with van der Waals surface area (Å²) in [6.07, 6.45) is 6.44. The fourth-order valence-electron chi connectivity index (χ4n) is 3.35. The molecule has 0 aromatic carbocycles. The maximum absolute atomic E-state index is 12.3. The van der Waals surface area contributed by atoms with Crippen LogP contribution in [-0.4, -0.2) is 57.1 Å². The SMILES string of the molecule is O=C(CCn1cc(Cl)cn1)N1CCC2(CC1)OCCC[C@@H]2O. The first-order chi connectivity index (χ1) is 10.6. The Bertz CT molecular complexity index is 526. The number of rotatable bonds is 3. The van der Waals surface area contributed by atoms with Gasteiger partial charge in [0.1, 0.15) is 0 Å². The molecule has 0 saturated carbocycles. The first-order valence-electron chi connectivity index (χ1n) is 7.87. The third kappa shape index (κ3) is 3.29. The van der Waals surface area contributed by atoms with Crippen LogP contribution in [0.2, 0.25) is 5.02 Å². The van der Waals surface area contributed by atoms with E-state index < -0.39 is 11.7 Å². The van der Waals surface area contributed by atoms with Crippen molar-refractivity contribution in [1.82, 2.24) is 14.7 Å². The van der Waals surface area contributed by atoms with Gasteiger partial charge < -0.3 is 14.7 Å². The molecular weight excluding hydrogens is 306 g/mol. The maximum Gasteiger partial charge on any atom is 0.224 e. The number of hydrogen-bond acceptors (Lipinski definition) is 4. The quantitative estimate of drug-likeness (QED) is 0.912. The number of piperidine rings is 1. The Morgan fingerprint density at radius 2 is 2.27 bits per heavy atom. The molecular formula is C15H22ClN3O3. The van der Waals surface area contributed by atoms with E-state index in [4.69, 9.17) is 16.3 Å². The molecule has 1 aromatic heterocycles. The van der Waals surface area contributed by atoms with Gasteiger partial charge in [-0.25, -0.2) is 0 Å². The number of ether oxygens (including phenoxy) is 1. The highest BCUT2D eigenvalue weighted by atomic mass is 35.5. The minimum absolute atomic E-state index is 0.117. The first kappa shape index (κ1) is 15.8. The lowest BCUT2D eigenvalue weighted by atomic mass is 9.82. The topological polar surface area (TPSA) is 67.6 Å². The summed E-state index contributed by atoms with van der Waals surface area (Å²) < 4.78 is 7.54. The fourth-order valence-corrected chi connectivity index (χ4v) is 3.51. The van der Waals surface area contributed by atoms with E-state index in [0.29, 0.717) is 50.5 Å². The largest absolute Gasteiger partial charge is 0.390 e.